The van der Waals surface area contributed by atoms with Gasteiger partial charge in [-0.05, 0) is 43.5 Å². The molecule has 2 heterocycles. The fraction of sp³-hybridized carbons (Fsp3) is 0.429. The zero-order valence-electron chi connectivity index (χ0n) is 20.1. The third-order valence-electron chi connectivity index (χ3n) is 6.75. The zero-order chi connectivity index (χ0) is 23.2. The molecule has 4 rings (SSSR count). The van der Waals surface area contributed by atoms with Gasteiger partial charge in [0.25, 0.3) is 5.91 Å². The number of rotatable bonds is 8. The molecule has 2 atom stereocenters. The number of carbonyl (C=O) groups excluding carboxylic acids is 1. The summed E-state index contributed by atoms with van der Waals surface area (Å²) in [6.07, 6.45) is 10.4. The largest absolute Gasteiger partial charge is 0.347 e. The molecule has 1 unspecified atom stereocenters. The van der Waals surface area contributed by atoms with Crippen LogP contribution in [0, 0.1) is 0 Å². The molecular weight excluding hydrogens is 408 g/mol. The maximum Gasteiger partial charge on any atom is 0.254 e. The van der Waals surface area contributed by atoms with Crippen LogP contribution in [0.25, 0.3) is 10.8 Å². The maximum atomic E-state index is 13.6. The lowest BCUT2D eigenvalue weighted by Crippen LogP contribution is -2.55. The van der Waals surface area contributed by atoms with Crippen molar-refractivity contribution in [3.63, 3.8) is 0 Å². The van der Waals surface area contributed by atoms with Gasteiger partial charge in [-0.2, -0.15) is 0 Å². The number of hydrogen-bond acceptors (Lipinski definition) is 3. The van der Waals surface area contributed by atoms with Crippen LogP contribution in [0.1, 0.15) is 68.5 Å². The number of aromatic nitrogens is 2. The highest BCUT2D eigenvalue weighted by atomic mass is 16.2. The predicted octanol–water partition coefficient (Wildman–Crippen LogP) is 5.98. The Bertz CT molecular complexity index is 1080. The van der Waals surface area contributed by atoms with Crippen molar-refractivity contribution in [2.24, 2.45) is 0 Å². The molecule has 2 aromatic carbocycles. The molecule has 0 radical (unpaired) electrons. The van der Waals surface area contributed by atoms with Gasteiger partial charge in [-0.1, -0.05) is 67.8 Å². The van der Waals surface area contributed by atoms with Gasteiger partial charge in [0.1, 0.15) is 0 Å². The molecule has 33 heavy (non-hydrogen) atoms. The van der Waals surface area contributed by atoms with Crippen molar-refractivity contribution >= 4 is 16.7 Å². The molecule has 3 aromatic rings. The Kier molecular flexibility index (Phi) is 7.61. The summed E-state index contributed by atoms with van der Waals surface area (Å²) in [5.41, 5.74) is 3.29. The summed E-state index contributed by atoms with van der Waals surface area (Å²) >= 11 is 0. The van der Waals surface area contributed by atoms with Gasteiger partial charge in [0.15, 0.2) is 0 Å². The van der Waals surface area contributed by atoms with E-state index in [1.807, 2.05) is 30.5 Å². The number of nitrogens with one attached hydrogen (secondary N) is 1. The summed E-state index contributed by atoms with van der Waals surface area (Å²) in [5.74, 6) is 0.148. The molecule has 0 spiro atoms. The molecule has 1 aliphatic heterocycles. The summed E-state index contributed by atoms with van der Waals surface area (Å²) in [6.45, 7) is 8.91. The van der Waals surface area contributed by atoms with Crippen LogP contribution in [0.15, 0.2) is 66.6 Å². The minimum atomic E-state index is 0.148. The molecule has 174 valence electrons. The standard InChI is InChI=1S/C28H36N4O/c1-4-5-11-23-19-31(28(33)25-13-8-10-22-9-6-7-12-24(22)25)16-17-32(23)27(15-14-21(2)3)26-18-29-20-30-26/h6-10,12-14,18,20,23,27H,4-5,11,15-17,19H2,1-3H3,(H,29,30)/t23-,27?/m0/s1. The van der Waals surface area contributed by atoms with E-state index in [9.17, 15) is 4.79 Å². The predicted molar refractivity (Wildman–Crippen MR) is 135 cm³/mol. The Morgan fingerprint density at radius 3 is 2.76 bits per heavy atom. The molecule has 1 N–H and O–H groups in total. The normalized spacial score (nSPS) is 17.8. The van der Waals surface area contributed by atoms with Crippen LogP contribution in [-0.2, 0) is 0 Å². The average Bonchev–Trinajstić information content (AvgIpc) is 3.37. The fourth-order valence-electron chi connectivity index (χ4n) is 4.98. The summed E-state index contributed by atoms with van der Waals surface area (Å²) in [4.78, 5) is 26.0. The number of fused-ring (bicyclic) bond motifs is 1. The van der Waals surface area contributed by atoms with Gasteiger partial charge in [0.2, 0.25) is 0 Å². The number of piperazine rings is 1. The smallest absolute Gasteiger partial charge is 0.254 e. The molecule has 0 bridgehead atoms. The molecule has 0 aliphatic carbocycles. The number of allylic oxidation sites excluding steroid dienone is 1. The summed E-state index contributed by atoms with van der Waals surface area (Å²) in [7, 11) is 0. The van der Waals surface area contributed by atoms with Crippen LogP contribution in [0.3, 0.4) is 0 Å². The van der Waals surface area contributed by atoms with Crippen molar-refractivity contribution in [1.29, 1.82) is 0 Å². The van der Waals surface area contributed by atoms with Crippen molar-refractivity contribution in [3.8, 4) is 0 Å². The molecular formula is C28H36N4O. The Balaban J connectivity index is 1.59. The summed E-state index contributed by atoms with van der Waals surface area (Å²) in [6, 6.07) is 14.8. The highest BCUT2D eigenvalue weighted by molar-refractivity contribution is 6.07. The number of carbonyl (C=O) groups is 1. The highest BCUT2D eigenvalue weighted by Crippen LogP contribution is 2.31. The molecule has 0 saturated carbocycles. The first-order valence-corrected chi connectivity index (χ1v) is 12.2. The monoisotopic (exact) mass is 444 g/mol. The Morgan fingerprint density at radius 2 is 2.00 bits per heavy atom. The fourth-order valence-corrected chi connectivity index (χ4v) is 4.98. The molecule has 5 heteroatoms. The van der Waals surface area contributed by atoms with Crippen LogP contribution < -0.4 is 0 Å². The van der Waals surface area contributed by atoms with Crippen LogP contribution in [-0.4, -0.2) is 51.4 Å². The number of benzene rings is 2. The van der Waals surface area contributed by atoms with Gasteiger partial charge >= 0.3 is 0 Å². The first kappa shape index (κ1) is 23.2. The Morgan fingerprint density at radius 1 is 1.18 bits per heavy atom. The SMILES string of the molecule is CCCC[C@H]1CN(C(=O)c2cccc3ccccc23)CCN1C(CC=C(C)C)c1cnc[nH]1. The molecule has 1 fully saturated rings. The van der Waals surface area contributed by atoms with Crippen LogP contribution >= 0.6 is 0 Å². The summed E-state index contributed by atoms with van der Waals surface area (Å²) in [5, 5.41) is 2.15. The van der Waals surface area contributed by atoms with E-state index in [0.717, 1.165) is 67.3 Å². The third-order valence-corrected chi connectivity index (χ3v) is 6.75. The van der Waals surface area contributed by atoms with E-state index in [4.69, 9.17) is 0 Å². The Hall–Kier alpha value is -2.92. The van der Waals surface area contributed by atoms with Gasteiger partial charge in [-0.15, -0.1) is 0 Å². The number of amides is 1. The van der Waals surface area contributed by atoms with Gasteiger partial charge in [0.05, 0.1) is 18.1 Å². The molecule has 1 saturated heterocycles. The van der Waals surface area contributed by atoms with Crippen LogP contribution in [0.4, 0.5) is 0 Å². The van der Waals surface area contributed by atoms with Crippen LogP contribution in [0.2, 0.25) is 0 Å². The number of H-pyrrole nitrogens is 1. The minimum absolute atomic E-state index is 0.148. The van der Waals surface area contributed by atoms with Gasteiger partial charge in [-0.3, -0.25) is 9.69 Å². The molecule has 5 nitrogen and oxygen atoms in total. The van der Waals surface area contributed by atoms with E-state index in [0.29, 0.717) is 6.04 Å². The second kappa shape index (κ2) is 10.8. The van der Waals surface area contributed by atoms with E-state index in [2.05, 4.69) is 64.8 Å². The number of hydrogen-bond donors (Lipinski definition) is 1. The van der Waals surface area contributed by atoms with Gasteiger partial charge < -0.3 is 9.88 Å². The number of nitrogens with zero attached hydrogens (tertiary/aromatic N) is 3. The van der Waals surface area contributed by atoms with Crippen molar-refractivity contribution in [1.82, 2.24) is 19.8 Å². The average molecular weight is 445 g/mol. The molecule has 1 amide bonds. The van der Waals surface area contributed by atoms with Crippen molar-refractivity contribution in [2.45, 2.75) is 58.5 Å². The second-order valence-electron chi connectivity index (χ2n) is 9.35. The number of aromatic amines is 1. The summed E-state index contributed by atoms with van der Waals surface area (Å²) < 4.78 is 0. The van der Waals surface area contributed by atoms with Crippen molar-refractivity contribution < 1.29 is 4.79 Å². The first-order chi connectivity index (χ1) is 16.1. The van der Waals surface area contributed by atoms with E-state index in [-0.39, 0.29) is 11.9 Å². The van der Waals surface area contributed by atoms with E-state index in [1.54, 1.807) is 6.33 Å². The van der Waals surface area contributed by atoms with Crippen molar-refractivity contribution in [3.05, 3.63) is 77.9 Å². The highest BCUT2D eigenvalue weighted by Gasteiger charge is 2.34. The number of imidazole rings is 1. The molecule has 1 aromatic heterocycles. The number of unbranched alkanes of at least 4 members (excludes halogenated alkanes) is 1. The maximum absolute atomic E-state index is 13.6. The second-order valence-corrected chi connectivity index (χ2v) is 9.35. The van der Waals surface area contributed by atoms with Crippen LogP contribution in [0.5, 0.6) is 0 Å². The third kappa shape index (κ3) is 5.36. The quantitative estimate of drug-likeness (QED) is 0.435. The van der Waals surface area contributed by atoms with Crippen molar-refractivity contribution in [2.75, 3.05) is 19.6 Å². The molecule has 1 aliphatic rings. The first-order valence-electron chi connectivity index (χ1n) is 12.2. The van der Waals surface area contributed by atoms with E-state index >= 15 is 0 Å². The van der Waals surface area contributed by atoms with Gasteiger partial charge in [-0.25, -0.2) is 4.98 Å². The van der Waals surface area contributed by atoms with E-state index < -0.39 is 0 Å². The Labute approximate surface area is 197 Å². The van der Waals surface area contributed by atoms with Gasteiger partial charge in [0, 0.05) is 37.4 Å². The minimum Gasteiger partial charge on any atom is -0.347 e. The topological polar surface area (TPSA) is 52.2 Å². The lowest BCUT2D eigenvalue weighted by Gasteiger charge is -2.45. The zero-order valence-corrected chi connectivity index (χ0v) is 20.1. The lowest BCUT2D eigenvalue weighted by molar-refractivity contribution is 0.0282. The van der Waals surface area contributed by atoms with E-state index in [1.165, 1.54) is 5.57 Å². The lowest BCUT2D eigenvalue weighted by atomic mass is 9.97.